The minimum Gasteiger partial charge on any atom is -0.465 e. The second-order valence-corrected chi connectivity index (χ2v) is 17.2. The van der Waals surface area contributed by atoms with Gasteiger partial charge in [0.25, 0.3) is 0 Å². The van der Waals surface area contributed by atoms with Crippen LogP contribution in [0.2, 0.25) is 5.02 Å². The molecular weight excluding hydrogens is 764 g/mol. The lowest BCUT2D eigenvalue weighted by atomic mass is 10.0. The van der Waals surface area contributed by atoms with Gasteiger partial charge in [-0.2, -0.15) is 0 Å². The zero-order valence-electron chi connectivity index (χ0n) is 36.5. The van der Waals surface area contributed by atoms with Gasteiger partial charge in [0, 0.05) is 47.5 Å². The number of hydrogen-bond donors (Lipinski definition) is 5. The van der Waals surface area contributed by atoms with Crippen molar-refractivity contribution in [1.82, 2.24) is 30.5 Å². The molecule has 5 amide bonds. The molecule has 0 saturated heterocycles. The predicted octanol–water partition coefficient (Wildman–Crippen LogP) is 9.02. The van der Waals surface area contributed by atoms with E-state index >= 15 is 0 Å². The number of fused-ring (bicyclic) bond motifs is 1. The first-order valence-corrected chi connectivity index (χ1v) is 22.0. The third-order valence-electron chi connectivity index (χ3n) is 9.29. The van der Waals surface area contributed by atoms with Crippen molar-refractivity contribution in [2.75, 3.05) is 13.6 Å². The number of unbranched alkanes of at least 4 members (excludes halogenated alkanes) is 4. The Bertz CT molecular complexity index is 1320. The molecule has 1 aromatic carbocycles. The van der Waals surface area contributed by atoms with Crippen molar-refractivity contribution in [1.29, 1.82) is 0 Å². The number of nitrogens with zero attached hydrogens (tertiary/aromatic N) is 2. The summed E-state index contributed by atoms with van der Waals surface area (Å²) in [6.45, 7) is 21.7. The third kappa shape index (κ3) is 23.6. The van der Waals surface area contributed by atoms with E-state index in [4.69, 9.17) is 21.5 Å². The second-order valence-electron chi connectivity index (χ2n) is 15.7. The van der Waals surface area contributed by atoms with Crippen molar-refractivity contribution in [3.63, 3.8) is 0 Å². The minimum atomic E-state index is -0.880. The molecule has 5 N–H and O–H groups in total. The minimum absolute atomic E-state index is 0.0425. The fraction of sp³-hybridized carbons (Fsp3) is 0.698. The molecule has 2 saturated carbocycles. The Labute approximate surface area is 353 Å². The quantitative estimate of drug-likeness (QED) is 0.0424. The third-order valence-corrected chi connectivity index (χ3v) is 10.7. The van der Waals surface area contributed by atoms with Gasteiger partial charge in [0.15, 0.2) is 0 Å². The van der Waals surface area contributed by atoms with Crippen molar-refractivity contribution in [3.05, 3.63) is 46.0 Å². The molecular formula is C43H75ClN6O6S. The Morgan fingerprint density at radius 3 is 2.19 bits per heavy atom. The SMILES string of the molecule is C=O.CC.CCCCN(C(=O)[C@H](CCCCCC=CC[C@@H]1CC1NC)NC(=O)NC(C)(C)C)C(C)C.Cc1cc2c(cc1Cl)CN(C(=O)O)C2.O=CNSC1CC1. The van der Waals surface area contributed by atoms with Gasteiger partial charge >= 0.3 is 12.1 Å². The lowest BCUT2D eigenvalue weighted by Gasteiger charge is -2.32. The topological polar surface area (TPSA) is 160 Å². The number of amides is 5. The first-order valence-electron chi connectivity index (χ1n) is 20.7. The number of aryl methyl sites for hydroxylation is 1. The summed E-state index contributed by atoms with van der Waals surface area (Å²) in [5.41, 5.74) is 2.74. The largest absolute Gasteiger partial charge is 0.465 e. The number of carbonyl (C=O) groups excluding carboxylic acids is 4. The standard InChI is InChI=1S/C26H50N4O2.C10H10ClNO2.C4H7NOS.C2H6.CH2O/c1-8-9-18-30(20(2)3)24(31)22(28-25(32)29-26(4,5)6)17-15-13-11-10-12-14-16-21-19-23(21)27-7;1-6-2-7-4-12(10(13)14)5-8(7)3-9(6)11;6-3-5-7-4-1-2-4;2*1-2/h12,14,20-23,27H,8-11,13,15-19H2,1-7H3,(H2,28,29,32);2-3H,4-5H2,1H3,(H,13,14);3-4H,1-2H2,(H,5,6);1-2H3;1H2/t21-,22+,23?;;;;/m1..../s1. The molecule has 1 unspecified atom stereocenters. The van der Waals surface area contributed by atoms with Gasteiger partial charge in [-0.25, -0.2) is 9.59 Å². The van der Waals surface area contributed by atoms with Crippen molar-refractivity contribution in [2.45, 2.75) is 175 Å². The monoisotopic (exact) mass is 839 g/mol. The van der Waals surface area contributed by atoms with Gasteiger partial charge in [-0.3, -0.25) is 14.5 Å². The van der Waals surface area contributed by atoms with Gasteiger partial charge in [0.2, 0.25) is 12.3 Å². The molecule has 0 spiro atoms. The molecule has 2 aliphatic carbocycles. The van der Waals surface area contributed by atoms with Crippen LogP contribution in [0.25, 0.3) is 0 Å². The molecule has 1 heterocycles. The highest BCUT2D eigenvalue weighted by molar-refractivity contribution is 7.98. The molecule has 3 aliphatic rings. The maximum Gasteiger partial charge on any atom is 0.407 e. The van der Waals surface area contributed by atoms with E-state index in [1.54, 1.807) is 0 Å². The highest BCUT2D eigenvalue weighted by Crippen LogP contribution is 2.33. The highest BCUT2D eigenvalue weighted by Gasteiger charge is 2.34. The van der Waals surface area contributed by atoms with Crippen LogP contribution in [-0.2, 0) is 27.5 Å². The van der Waals surface area contributed by atoms with Crippen LogP contribution in [0.3, 0.4) is 0 Å². The molecule has 4 rings (SSSR count). The first-order chi connectivity index (χ1) is 27.1. The summed E-state index contributed by atoms with van der Waals surface area (Å²) in [6.07, 6.45) is 16.4. The van der Waals surface area contributed by atoms with E-state index < -0.39 is 12.1 Å². The lowest BCUT2D eigenvalue weighted by Crippen LogP contribution is -2.55. The van der Waals surface area contributed by atoms with E-state index in [0.717, 1.165) is 85.4 Å². The maximum absolute atomic E-state index is 13.3. The normalized spacial score (nSPS) is 16.8. The van der Waals surface area contributed by atoms with E-state index in [-0.39, 0.29) is 23.5 Å². The van der Waals surface area contributed by atoms with Gasteiger partial charge < -0.3 is 35.5 Å². The van der Waals surface area contributed by atoms with E-state index in [2.05, 4.69) is 39.7 Å². The van der Waals surface area contributed by atoms with Crippen LogP contribution in [-0.4, -0.2) is 88.6 Å². The molecule has 1 aliphatic heterocycles. The summed E-state index contributed by atoms with van der Waals surface area (Å²) in [4.78, 5) is 57.4. The van der Waals surface area contributed by atoms with Crippen LogP contribution in [0.5, 0.6) is 0 Å². The van der Waals surface area contributed by atoms with Crippen molar-refractivity contribution in [3.8, 4) is 0 Å². The lowest BCUT2D eigenvalue weighted by molar-refractivity contribution is -0.135. The summed E-state index contributed by atoms with van der Waals surface area (Å²) in [5.74, 6) is 0.867. The Kier molecular flexibility index (Phi) is 28.1. The van der Waals surface area contributed by atoms with E-state index in [1.165, 1.54) is 42.5 Å². The van der Waals surface area contributed by atoms with Crippen molar-refractivity contribution < 1.29 is 29.1 Å². The number of hydrogen-bond acceptors (Lipinski definition) is 7. The molecule has 57 heavy (non-hydrogen) atoms. The van der Waals surface area contributed by atoms with Crippen LogP contribution in [0, 0.1) is 12.8 Å². The fourth-order valence-electron chi connectivity index (χ4n) is 5.97. The molecule has 12 nitrogen and oxygen atoms in total. The first kappa shape index (κ1) is 53.7. The molecule has 0 radical (unpaired) electrons. The number of carboxylic acid groups (broad SMARTS) is 1. The molecule has 326 valence electrons. The Morgan fingerprint density at radius 2 is 1.68 bits per heavy atom. The van der Waals surface area contributed by atoms with Gasteiger partial charge in [-0.1, -0.05) is 69.9 Å². The number of nitrogens with one attached hydrogen (secondary N) is 4. The second kappa shape index (κ2) is 29.9. The Morgan fingerprint density at radius 1 is 1.05 bits per heavy atom. The van der Waals surface area contributed by atoms with Gasteiger partial charge in [-0.15, -0.1) is 0 Å². The van der Waals surface area contributed by atoms with E-state index in [9.17, 15) is 19.2 Å². The molecule has 2 fully saturated rings. The van der Waals surface area contributed by atoms with Crippen LogP contribution in [0.1, 0.15) is 143 Å². The fourth-order valence-corrected chi connectivity index (χ4v) is 6.78. The summed E-state index contributed by atoms with van der Waals surface area (Å²) in [7, 11) is 2.04. The number of urea groups is 1. The van der Waals surface area contributed by atoms with Crippen molar-refractivity contribution in [2.24, 2.45) is 5.92 Å². The van der Waals surface area contributed by atoms with E-state index in [1.807, 2.05) is 86.3 Å². The zero-order valence-corrected chi connectivity index (χ0v) is 38.1. The Hall–Kier alpha value is -3.29. The smallest absolute Gasteiger partial charge is 0.407 e. The van der Waals surface area contributed by atoms with E-state index in [0.29, 0.717) is 24.5 Å². The van der Waals surface area contributed by atoms with Crippen LogP contribution < -0.4 is 20.7 Å². The predicted molar refractivity (Wildman–Crippen MR) is 237 cm³/mol. The van der Waals surface area contributed by atoms with Gasteiger partial charge in [0.05, 0.1) is 0 Å². The number of halogens is 1. The zero-order chi connectivity index (χ0) is 43.6. The summed E-state index contributed by atoms with van der Waals surface area (Å²) >= 11 is 7.48. The molecule has 0 bridgehead atoms. The highest BCUT2D eigenvalue weighted by atomic mass is 35.5. The van der Waals surface area contributed by atoms with Crippen LogP contribution in [0.4, 0.5) is 9.59 Å². The number of allylic oxidation sites excluding steroid dienone is 2. The molecule has 3 atom stereocenters. The number of benzene rings is 1. The van der Waals surface area contributed by atoms with Crippen LogP contribution >= 0.6 is 23.5 Å². The summed E-state index contributed by atoms with van der Waals surface area (Å²) < 4.78 is 2.55. The Balaban J connectivity index is 0.00000101. The van der Waals surface area contributed by atoms with Gasteiger partial charge in [0.1, 0.15) is 12.8 Å². The average Bonchev–Trinajstić information content (AvgIpc) is 4.10. The summed E-state index contributed by atoms with van der Waals surface area (Å²) in [6, 6.07) is 3.93. The molecule has 14 heteroatoms. The molecule has 0 aromatic heterocycles. The average molecular weight is 840 g/mol. The van der Waals surface area contributed by atoms with Gasteiger partial charge in [-0.05, 0) is 141 Å². The molecule has 1 aromatic rings. The maximum atomic E-state index is 13.3. The summed E-state index contributed by atoms with van der Waals surface area (Å²) in [5, 5.41) is 19.5. The van der Waals surface area contributed by atoms with Crippen molar-refractivity contribution >= 4 is 54.8 Å². The number of carbonyl (C=O) groups is 5. The number of rotatable bonds is 18. The van der Waals surface area contributed by atoms with Crippen LogP contribution in [0.15, 0.2) is 24.3 Å².